The molecule has 0 fully saturated rings. The van der Waals surface area contributed by atoms with Gasteiger partial charge in [-0.3, -0.25) is 9.59 Å². The van der Waals surface area contributed by atoms with Gasteiger partial charge >= 0.3 is 0 Å². The number of carbonyl (C=O) groups is 2. The molecule has 0 heterocycles. The monoisotopic (exact) mass is 205 g/mol. The SMILES string of the molecule is CC(=O)C(N=N)(C(N)=O)c1ccccc1. The van der Waals surface area contributed by atoms with Crippen LogP contribution in [0.3, 0.4) is 0 Å². The molecule has 1 aromatic rings. The standard InChI is InChI=1S/C10H11N3O2/c1-7(14)10(13-12,9(11)15)8-5-3-2-4-6-8/h2-6,12H,1H3,(H2,11,15). The minimum Gasteiger partial charge on any atom is -0.367 e. The second-order valence-corrected chi connectivity index (χ2v) is 3.11. The van der Waals surface area contributed by atoms with Crippen molar-refractivity contribution < 1.29 is 9.59 Å². The molecule has 3 N–H and O–H groups in total. The van der Waals surface area contributed by atoms with Crippen LogP contribution in [0.1, 0.15) is 12.5 Å². The van der Waals surface area contributed by atoms with E-state index in [1.165, 1.54) is 6.92 Å². The van der Waals surface area contributed by atoms with Gasteiger partial charge in [0.1, 0.15) is 0 Å². The molecule has 0 spiro atoms. The van der Waals surface area contributed by atoms with E-state index in [9.17, 15) is 9.59 Å². The molecule has 0 saturated heterocycles. The number of primary amides is 1. The lowest BCUT2D eigenvalue weighted by molar-refractivity contribution is -0.133. The molecule has 0 bridgehead atoms. The molecule has 78 valence electrons. The van der Waals surface area contributed by atoms with Gasteiger partial charge in [-0.25, -0.2) is 5.53 Å². The maximum Gasteiger partial charge on any atom is 0.259 e. The number of carbonyl (C=O) groups excluding carboxylic acids is 2. The zero-order chi connectivity index (χ0) is 11.5. The van der Waals surface area contributed by atoms with Crippen LogP contribution in [0.2, 0.25) is 0 Å². The Bertz CT molecular complexity index is 386. The van der Waals surface area contributed by atoms with Crippen LogP contribution in [0.5, 0.6) is 0 Å². The van der Waals surface area contributed by atoms with Crippen molar-refractivity contribution in [3.8, 4) is 0 Å². The van der Waals surface area contributed by atoms with Crippen LogP contribution in [0.4, 0.5) is 0 Å². The molecule has 1 unspecified atom stereocenters. The van der Waals surface area contributed by atoms with Crippen molar-refractivity contribution in [1.29, 1.82) is 5.53 Å². The van der Waals surface area contributed by atoms with Gasteiger partial charge in [0.05, 0.1) is 0 Å². The van der Waals surface area contributed by atoms with E-state index < -0.39 is 17.2 Å². The summed E-state index contributed by atoms with van der Waals surface area (Å²) >= 11 is 0. The van der Waals surface area contributed by atoms with Gasteiger partial charge in [-0.2, -0.15) is 5.11 Å². The van der Waals surface area contributed by atoms with Gasteiger partial charge in [0.2, 0.25) is 5.54 Å². The lowest BCUT2D eigenvalue weighted by atomic mass is 9.86. The van der Waals surface area contributed by atoms with E-state index in [2.05, 4.69) is 5.11 Å². The number of Topliss-reactive ketones (excluding diaryl/α,β-unsaturated/α-hetero) is 1. The summed E-state index contributed by atoms with van der Waals surface area (Å²) in [4.78, 5) is 22.7. The number of hydrogen-bond acceptors (Lipinski definition) is 4. The van der Waals surface area contributed by atoms with Crippen LogP contribution in [-0.2, 0) is 15.1 Å². The first-order valence-corrected chi connectivity index (χ1v) is 4.30. The summed E-state index contributed by atoms with van der Waals surface area (Å²) in [6.07, 6.45) is 0. The number of amides is 1. The van der Waals surface area contributed by atoms with Crippen molar-refractivity contribution in [2.75, 3.05) is 0 Å². The first kappa shape index (κ1) is 11.0. The summed E-state index contributed by atoms with van der Waals surface area (Å²) in [5.41, 5.74) is 10.6. The van der Waals surface area contributed by atoms with Gasteiger partial charge in [-0.15, -0.1) is 0 Å². The highest BCUT2D eigenvalue weighted by Gasteiger charge is 2.43. The molecule has 0 aromatic heterocycles. The fraction of sp³-hybridized carbons (Fsp3) is 0.200. The Morgan fingerprint density at radius 1 is 1.33 bits per heavy atom. The Balaban J connectivity index is 3.42. The van der Waals surface area contributed by atoms with Crippen molar-refractivity contribution in [1.82, 2.24) is 0 Å². The van der Waals surface area contributed by atoms with Crippen molar-refractivity contribution in [2.45, 2.75) is 12.5 Å². The summed E-state index contributed by atoms with van der Waals surface area (Å²) in [5, 5.41) is 3.11. The van der Waals surface area contributed by atoms with E-state index in [0.717, 1.165) is 0 Å². The first-order chi connectivity index (χ1) is 7.05. The zero-order valence-corrected chi connectivity index (χ0v) is 8.23. The fourth-order valence-electron chi connectivity index (χ4n) is 1.40. The number of nitrogens with two attached hydrogens (primary N) is 1. The third kappa shape index (κ3) is 1.63. The van der Waals surface area contributed by atoms with Gasteiger partial charge in [0.15, 0.2) is 5.78 Å². The molecular formula is C10H11N3O2. The number of nitrogens with one attached hydrogen (secondary N) is 1. The zero-order valence-electron chi connectivity index (χ0n) is 8.23. The number of ketones is 1. The van der Waals surface area contributed by atoms with E-state index in [0.29, 0.717) is 5.56 Å². The van der Waals surface area contributed by atoms with Crippen molar-refractivity contribution in [2.24, 2.45) is 10.8 Å². The van der Waals surface area contributed by atoms with E-state index in [1.807, 2.05) is 0 Å². The molecule has 0 radical (unpaired) electrons. The van der Waals surface area contributed by atoms with Crippen LogP contribution < -0.4 is 5.73 Å². The molecular weight excluding hydrogens is 194 g/mol. The maximum absolute atomic E-state index is 11.4. The molecule has 1 amide bonds. The second-order valence-electron chi connectivity index (χ2n) is 3.11. The summed E-state index contributed by atoms with van der Waals surface area (Å²) < 4.78 is 0. The fourth-order valence-corrected chi connectivity index (χ4v) is 1.40. The number of hydrogen-bond donors (Lipinski definition) is 2. The maximum atomic E-state index is 11.4. The number of benzene rings is 1. The van der Waals surface area contributed by atoms with Gasteiger partial charge in [0.25, 0.3) is 5.91 Å². The normalized spacial score (nSPS) is 13.9. The van der Waals surface area contributed by atoms with Gasteiger partial charge in [-0.1, -0.05) is 30.3 Å². The molecule has 15 heavy (non-hydrogen) atoms. The van der Waals surface area contributed by atoms with Crippen LogP contribution in [0.15, 0.2) is 35.4 Å². The molecule has 0 aliphatic heterocycles. The van der Waals surface area contributed by atoms with Crippen molar-refractivity contribution in [3.63, 3.8) is 0 Å². The smallest absolute Gasteiger partial charge is 0.259 e. The predicted octanol–water partition coefficient (Wildman–Crippen LogP) is 0.987. The average Bonchev–Trinajstić information content (AvgIpc) is 2.20. The predicted molar refractivity (Wildman–Crippen MR) is 53.1 cm³/mol. The molecule has 5 heteroatoms. The molecule has 1 aromatic carbocycles. The minimum absolute atomic E-state index is 0.319. The molecule has 0 aliphatic carbocycles. The van der Waals surface area contributed by atoms with Crippen LogP contribution in [0.25, 0.3) is 0 Å². The molecule has 0 saturated carbocycles. The summed E-state index contributed by atoms with van der Waals surface area (Å²) in [7, 11) is 0. The lowest BCUT2D eigenvalue weighted by Gasteiger charge is -2.21. The summed E-state index contributed by atoms with van der Waals surface area (Å²) in [6, 6.07) is 8.13. The van der Waals surface area contributed by atoms with Gasteiger partial charge in [-0.05, 0) is 12.5 Å². The topological polar surface area (TPSA) is 96.4 Å². The van der Waals surface area contributed by atoms with Crippen LogP contribution in [0, 0.1) is 5.53 Å². The van der Waals surface area contributed by atoms with Crippen molar-refractivity contribution in [3.05, 3.63) is 35.9 Å². The van der Waals surface area contributed by atoms with Crippen LogP contribution in [-0.4, -0.2) is 11.7 Å². The lowest BCUT2D eigenvalue weighted by Crippen LogP contribution is -2.45. The Morgan fingerprint density at radius 2 is 1.87 bits per heavy atom. The van der Waals surface area contributed by atoms with E-state index in [1.54, 1.807) is 30.3 Å². The molecule has 1 rings (SSSR count). The highest BCUT2D eigenvalue weighted by molar-refractivity contribution is 6.09. The number of rotatable bonds is 4. The van der Waals surface area contributed by atoms with E-state index in [-0.39, 0.29) is 0 Å². The molecule has 1 atom stereocenters. The second kappa shape index (κ2) is 4.00. The Hall–Kier alpha value is -2.04. The first-order valence-electron chi connectivity index (χ1n) is 4.30. The molecule has 5 nitrogen and oxygen atoms in total. The van der Waals surface area contributed by atoms with E-state index in [4.69, 9.17) is 11.3 Å². The third-order valence-corrected chi connectivity index (χ3v) is 2.23. The largest absolute Gasteiger partial charge is 0.367 e. The number of nitrogens with zero attached hydrogens (tertiary/aromatic N) is 1. The van der Waals surface area contributed by atoms with E-state index >= 15 is 0 Å². The highest BCUT2D eigenvalue weighted by atomic mass is 16.2. The average molecular weight is 205 g/mol. The van der Waals surface area contributed by atoms with Gasteiger partial charge < -0.3 is 5.73 Å². The molecule has 0 aliphatic rings. The van der Waals surface area contributed by atoms with Gasteiger partial charge in [0, 0.05) is 0 Å². The Labute approximate surface area is 86.8 Å². The summed E-state index contributed by atoms with van der Waals surface area (Å²) in [6.45, 7) is 1.19. The third-order valence-electron chi connectivity index (χ3n) is 2.23. The summed E-state index contributed by atoms with van der Waals surface area (Å²) in [5.74, 6) is -1.49. The minimum atomic E-state index is -1.87. The Morgan fingerprint density at radius 3 is 2.20 bits per heavy atom. The Kier molecular flexibility index (Phi) is 2.94. The van der Waals surface area contributed by atoms with Crippen molar-refractivity contribution >= 4 is 11.7 Å². The quantitative estimate of drug-likeness (QED) is 0.566. The highest BCUT2D eigenvalue weighted by Crippen LogP contribution is 2.26. The van der Waals surface area contributed by atoms with Crippen LogP contribution >= 0.6 is 0 Å².